The largest absolute Gasteiger partial charge is 0.367 e. The molecule has 1 aromatic heterocycles. The lowest BCUT2D eigenvalue weighted by atomic mass is 9.97. The SMILES string of the molecule is CC1C[C@@H]1C1CCc2ccc(C=P(c3ccccc3)(c3ccccc3)c3ccccc3)nc2N1. The smallest absolute Gasteiger partial charge is 0.130 e. The van der Waals surface area contributed by atoms with Gasteiger partial charge in [-0.05, 0) is 71.3 Å². The molecule has 0 radical (unpaired) electrons. The second kappa shape index (κ2) is 8.93. The highest BCUT2D eigenvalue weighted by Gasteiger charge is 2.40. The number of benzene rings is 3. The van der Waals surface area contributed by atoms with E-state index in [0.717, 1.165) is 29.8 Å². The summed E-state index contributed by atoms with van der Waals surface area (Å²) >= 11 is 0. The molecule has 4 aromatic rings. The molecule has 170 valence electrons. The Morgan fingerprint density at radius 3 is 1.79 bits per heavy atom. The van der Waals surface area contributed by atoms with Crippen molar-refractivity contribution in [2.45, 2.75) is 32.2 Å². The number of fused-ring (bicyclic) bond motifs is 1. The fraction of sp³-hybridized carbons (Fsp3) is 0.226. The van der Waals surface area contributed by atoms with Crippen molar-refractivity contribution in [2.24, 2.45) is 11.8 Å². The van der Waals surface area contributed by atoms with Crippen molar-refractivity contribution in [3.05, 3.63) is 114 Å². The summed E-state index contributed by atoms with van der Waals surface area (Å²) in [5.41, 5.74) is 2.41. The summed E-state index contributed by atoms with van der Waals surface area (Å²) in [5, 5.41) is 7.87. The van der Waals surface area contributed by atoms with Crippen LogP contribution in [0.2, 0.25) is 0 Å². The van der Waals surface area contributed by atoms with E-state index in [2.05, 4.69) is 121 Å². The predicted octanol–water partition coefficient (Wildman–Crippen LogP) is 5.61. The van der Waals surface area contributed by atoms with Crippen LogP contribution in [0.1, 0.15) is 31.0 Å². The highest BCUT2D eigenvalue weighted by atomic mass is 31.2. The molecule has 0 spiro atoms. The van der Waals surface area contributed by atoms with Gasteiger partial charge in [0.15, 0.2) is 0 Å². The Morgan fingerprint density at radius 2 is 1.29 bits per heavy atom. The molecule has 1 saturated carbocycles. The second-order valence-electron chi connectivity index (χ2n) is 9.77. The molecule has 1 aliphatic heterocycles. The first kappa shape index (κ1) is 21.4. The third-order valence-corrected chi connectivity index (χ3v) is 11.5. The van der Waals surface area contributed by atoms with Gasteiger partial charge in [0.2, 0.25) is 0 Å². The minimum Gasteiger partial charge on any atom is -0.367 e. The van der Waals surface area contributed by atoms with E-state index in [4.69, 9.17) is 4.98 Å². The normalized spacial score (nSPS) is 21.3. The molecule has 3 heteroatoms. The van der Waals surface area contributed by atoms with Crippen LogP contribution in [0.5, 0.6) is 0 Å². The van der Waals surface area contributed by atoms with Crippen LogP contribution >= 0.6 is 6.89 Å². The first-order valence-electron chi connectivity index (χ1n) is 12.4. The van der Waals surface area contributed by atoms with Crippen molar-refractivity contribution < 1.29 is 0 Å². The molecule has 3 atom stereocenters. The highest BCUT2D eigenvalue weighted by molar-refractivity contribution is 7.94. The summed E-state index contributed by atoms with van der Waals surface area (Å²) in [6.07, 6.45) is 3.70. The van der Waals surface area contributed by atoms with Gasteiger partial charge in [0.1, 0.15) is 5.82 Å². The topological polar surface area (TPSA) is 24.9 Å². The minimum atomic E-state index is -2.06. The summed E-state index contributed by atoms with van der Waals surface area (Å²) in [4.78, 5) is 5.22. The zero-order chi connectivity index (χ0) is 23.0. The number of aromatic nitrogens is 1. The summed E-state index contributed by atoms with van der Waals surface area (Å²) in [7, 11) is 0. The van der Waals surface area contributed by atoms with Gasteiger partial charge in [-0.15, -0.1) is 0 Å². The average molecular weight is 463 g/mol. The maximum absolute atomic E-state index is 5.22. The maximum atomic E-state index is 5.22. The van der Waals surface area contributed by atoms with Gasteiger partial charge in [0.05, 0.1) is 5.69 Å². The first-order chi connectivity index (χ1) is 16.7. The van der Waals surface area contributed by atoms with Gasteiger partial charge in [0.25, 0.3) is 0 Å². The molecule has 6 rings (SSSR count). The van der Waals surface area contributed by atoms with Crippen LogP contribution < -0.4 is 21.2 Å². The number of nitrogens with zero attached hydrogens (tertiary/aromatic N) is 1. The maximum Gasteiger partial charge on any atom is 0.130 e. The molecule has 34 heavy (non-hydrogen) atoms. The summed E-state index contributed by atoms with van der Waals surface area (Å²) in [6, 6.07) is 38.1. The number of aryl methyl sites for hydroxylation is 1. The van der Waals surface area contributed by atoms with E-state index in [9.17, 15) is 0 Å². The first-order valence-corrected chi connectivity index (χ1v) is 14.3. The van der Waals surface area contributed by atoms with Crippen molar-refractivity contribution in [3.8, 4) is 0 Å². The Morgan fingerprint density at radius 1 is 0.765 bits per heavy atom. The van der Waals surface area contributed by atoms with Crippen LogP contribution in [0, 0.1) is 11.8 Å². The molecular weight excluding hydrogens is 431 g/mol. The number of hydrogen-bond acceptors (Lipinski definition) is 2. The number of pyridine rings is 1. The van der Waals surface area contributed by atoms with Crippen molar-refractivity contribution in [1.82, 2.24) is 4.98 Å². The number of anilines is 1. The Hall–Kier alpha value is -3.09. The molecule has 2 unspecified atom stereocenters. The van der Waals surface area contributed by atoms with Crippen molar-refractivity contribution in [3.63, 3.8) is 0 Å². The standard InChI is InChI=1S/C31H31N2P/c1-23-21-29(23)30-20-18-24-17-19-25(32-31(24)33-30)22-34(26-11-5-2-6-12-26,27-13-7-3-8-14-27)28-15-9-4-10-16-28/h2-17,19,22-23,29-30H,18,20-21H2,1H3,(H,32,33)/t23?,29-,30?/m0/s1. The lowest BCUT2D eigenvalue weighted by molar-refractivity contribution is 0.540. The van der Waals surface area contributed by atoms with Crippen molar-refractivity contribution >= 4 is 34.4 Å². The van der Waals surface area contributed by atoms with Gasteiger partial charge >= 0.3 is 0 Å². The van der Waals surface area contributed by atoms with E-state index >= 15 is 0 Å². The fourth-order valence-corrected chi connectivity index (χ4v) is 9.36. The van der Waals surface area contributed by atoms with Crippen LogP contribution in [0.25, 0.3) is 0 Å². The Kier molecular flexibility index (Phi) is 5.63. The molecule has 0 bridgehead atoms. The van der Waals surface area contributed by atoms with Gasteiger partial charge in [-0.1, -0.05) is 104 Å². The highest BCUT2D eigenvalue weighted by Crippen LogP contribution is 2.46. The van der Waals surface area contributed by atoms with Crippen molar-refractivity contribution in [2.75, 3.05) is 5.32 Å². The zero-order valence-corrected chi connectivity index (χ0v) is 20.5. The molecule has 0 saturated heterocycles. The third kappa shape index (κ3) is 3.91. The average Bonchev–Trinajstić information content (AvgIpc) is 3.65. The Labute approximate surface area is 203 Å². The van der Waals surface area contributed by atoms with Gasteiger partial charge < -0.3 is 5.32 Å². The molecule has 2 aliphatic rings. The van der Waals surface area contributed by atoms with Crippen LogP contribution in [0.4, 0.5) is 5.82 Å². The summed E-state index contributed by atoms with van der Waals surface area (Å²) < 4.78 is 0. The lowest BCUT2D eigenvalue weighted by Gasteiger charge is -2.29. The quantitative estimate of drug-likeness (QED) is 0.390. The lowest BCUT2D eigenvalue weighted by Crippen LogP contribution is -2.29. The molecule has 2 heterocycles. The van der Waals surface area contributed by atoms with Crippen LogP contribution in [0.3, 0.4) is 0 Å². The Balaban J connectivity index is 1.55. The molecule has 3 aromatic carbocycles. The predicted molar refractivity (Wildman–Crippen MR) is 148 cm³/mol. The zero-order valence-electron chi connectivity index (χ0n) is 19.6. The monoisotopic (exact) mass is 462 g/mol. The summed E-state index contributed by atoms with van der Waals surface area (Å²) in [5.74, 6) is 5.23. The van der Waals surface area contributed by atoms with Crippen LogP contribution in [-0.4, -0.2) is 16.8 Å². The number of nitrogens with one attached hydrogen (secondary N) is 1. The molecule has 1 aliphatic carbocycles. The molecule has 1 fully saturated rings. The van der Waals surface area contributed by atoms with E-state index in [1.807, 2.05) is 0 Å². The fourth-order valence-electron chi connectivity index (χ4n) is 5.55. The van der Waals surface area contributed by atoms with Gasteiger partial charge in [0, 0.05) is 6.04 Å². The molecular formula is C31H31N2P. The van der Waals surface area contributed by atoms with Crippen LogP contribution in [0.15, 0.2) is 103 Å². The van der Waals surface area contributed by atoms with Crippen LogP contribution in [-0.2, 0) is 6.42 Å². The van der Waals surface area contributed by atoms with Gasteiger partial charge in [-0.2, -0.15) is 0 Å². The third-order valence-electron chi connectivity index (χ3n) is 7.55. The minimum absolute atomic E-state index is 0.571. The van der Waals surface area contributed by atoms with E-state index in [1.54, 1.807) is 0 Å². The van der Waals surface area contributed by atoms with E-state index in [-0.39, 0.29) is 0 Å². The van der Waals surface area contributed by atoms with E-state index < -0.39 is 6.89 Å². The molecule has 0 amide bonds. The van der Waals surface area contributed by atoms with E-state index in [0.29, 0.717) is 6.04 Å². The van der Waals surface area contributed by atoms with Gasteiger partial charge in [-0.25, -0.2) is 4.98 Å². The van der Waals surface area contributed by atoms with E-state index in [1.165, 1.54) is 34.3 Å². The van der Waals surface area contributed by atoms with Gasteiger partial charge in [-0.3, -0.25) is 0 Å². The Bertz CT molecular complexity index is 1230. The second-order valence-corrected chi connectivity index (χ2v) is 13.0. The number of hydrogen-bond donors (Lipinski definition) is 1. The molecule has 1 N–H and O–H groups in total. The summed E-state index contributed by atoms with van der Waals surface area (Å²) in [6.45, 7) is 0.315. The number of rotatable bonds is 5. The van der Waals surface area contributed by atoms with Crippen molar-refractivity contribution in [1.29, 1.82) is 0 Å². The molecule has 2 nitrogen and oxygen atoms in total.